The molecule has 0 aromatic carbocycles. The van der Waals surface area contributed by atoms with Crippen LogP contribution in [0, 0.1) is 0 Å². The zero-order valence-electron chi connectivity index (χ0n) is 15.7. The number of amides is 1. The molecule has 148 valence electrons. The number of rotatable bonds is 4. The van der Waals surface area contributed by atoms with Crippen molar-refractivity contribution in [3.8, 4) is 0 Å². The second-order valence-corrected chi connectivity index (χ2v) is 8.09. The first-order valence-corrected chi connectivity index (χ1v) is 10.3. The van der Waals surface area contributed by atoms with Crippen molar-refractivity contribution in [1.82, 2.24) is 14.5 Å². The summed E-state index contributed by atoms with van der Waals surface area (Å²) in [5, 5.41) is 12.5. The lowest BCUT2D eigenvalue weighted by molar-refractivity contribution is -0.129. The number of aromatic nitrogens is 2. The molecule has 0 unspecified atom stereocenters. The molecule has 2 aliphatic rings. The average Bonchev–Trinajstić information content (AvgIpc) is 3.33. The van der Waals surface area contributed by atoms with E-state index >= 15 is 0 Å². The number of fused-ring (bicyclic) bond motifs is 1. The number of anilines is 1. The zero-order chi connectivity index (χ0) is 19.8. The van der Waals surface area contributed by atoms with E-state index in [9.17, 15) is 19.5 Å². The Labute approximate surface area is 166 Å². The van der Waals surface area contributed by atoms with Gasteiger partial charge in [0.25, 0.3) is 5.56 Å². The fourth-order valence-electron chi connectivity index (χ4n) is 3.92. The van der Waals surface area contributed by atoms with Crippen molar-refractivity contribution >= 4 is 28.3 Å². The molecule has 0 saturated carbocycles. The van der Waals surface area contributed by atoms with Crippen molar-refractivity contribution in [2.24, 2.45) is 0 Å². The Balaban J connectivity index is 1.68. The van der Waals surface area contributed by atoms with Crippen molar-refractivity contribution in [3.05, 3.63) is 44.3 Å². The molecule has 4 rings (SSSR count). The first kappa shape index (κ1) is 18.7. The van der Waals surface area contributed by atoms with Crippen molar-refractivity contribution < 1.29 is 14.7 Å². The largest absolute Gasteiger partial charge is 0.477 e. The molecule has 1 amide bonds. The maximum absolute atomic E-state index is 12.8. The second-order valence-electron chi connectivity index (χ2n) is 7.25. The SMILES string of the molecule is CC(=O)N1CCc2c(cn(Cc3csc(N4CCCC4)n3)c(=O)c2C(=O)O)C1. The number of carbonyl (C=O) groups excluding carboxylic acids is 1. The van der Waals surface area contributed by atoms with E-state index in [1.165, 1.54) is 11.5 Å². The second kappa shape index (κ2) is 7.38. The number of nitrogens with zero attached hydrogens (tertiary/aromatic N) is 4. The highest BCUT2D eigenvalue weighted by Crippen LogP contribution is 2.25. The molecular weight excluding hydrogens is 380 g/mol. The molecule has 0 radical (unpaired) electrons. The molecule has 1 saturated heterocycles. The molecule has 2 aromatic rings. The van der Waals surface area contributed by atoms with Crippen LogP contribution in [0.4, 0.5) is 5.13 Å². The van der Waals surface area contributed by atoms with Crippen LogP contribution in [-0.4, -0.2) is 51.1 Å². The summed E-state index contributed by atoms with van der Waals surface area (Å²) in [7, 11) is 0. The quantitative estimate of drug-likeness (QED) is 0.834. The monoisotopic (exact) mass is 402 g/mol. The third kappa shape index (κ3) is 3.42. The molecule has 0 aliphatic carbocycles. The molecule has 2 aliphatic heterocycles. The molecule has 0 bridgehead atoms. The number of carboxylic acids is 1. The van der Waals surface area contributed by atoms with Gasteiger partial charge < -0.3 is 19.5 Å². The fraction of sp³-hybridized carbons (Fsp3) is 0.474. The van der Waals surface area contributed by atoms with Gasteiger partial charge in [0, 0.05) is 44.7 Å². The number of carbonyl (C=O) groups is 2. The first-order chi connectivity index (χ1) is 13.4. The van der Waals surface area contributed by atoms with Crippen LogP contribution in [0.2, 0.25) is 0 Å². The lowest BCUT2D eigenvalue weighted by Gasteiger charge is -2.29. The van der Waals surface area contributed by atoms with Crippen LogP contribution in [0.3, 0.4) is 0 Å². The van der Waals surface area contributed by atoms with Gasteiger partial charge in [-0.2, -0.15) is 0 Å². The van der Waals surface area contributed by atoms with Crippen LogP contribution in [-0.2, 0) is 24.3 Å². The van der Waals surface area contributed by atoms with Crippen LogP contribution in [0.25, 0.3) is 0 Å². The van der Waals surface area contributed by atoms with E-state index in [4.69, 9.17) is 0 Å². The molecule has 8 nitrogen and oxygen atoms in total. The molecular formula is C19H22N4O4S. The number of aromatic carboxylic acids is 1. The smallest absolute Gasteiger partial charge is 0.341 e. The van der Waals surface area contributed by atoms with E-state index in [1.807, 2.05) is 5.38 Å². The van der Waals surface area contributed by atoms with Crippen LogP contribution >= 0.6 is 11.3 Å². The van der Waals surface area contributed by atoms with Gasteiger partial charge in [-0.15, -0.1) is 11.3 Å². The lowest BCUT2D eigenvalue weighted by atomic mass is 9.96. The Kier molecular flexibility index (Phi) is 4.92. The van der Waals surface area contributed by atoms with E-state index in [0.717, 1.165) is 36.8 Å². The van der Waals surface area contributed by atoms with Crippen LogP contribution in [0.5, 0.6) is 0 Å². The average molecular weight is 402 g/mol. The van der Waals surface area contributed by atoms with E-state index < -0.39 is 11.5 Å². The van der Waals surface area contributed by atoms with Gasteiger partial charge in [-0.05, 0) is 30.4 Å². The summed E-state index contributed by atoms with van der Waals surface area (Å²) >= 11 is 1.55. The summed E-state index contributed by atoms with van der Waals surface area (Å²) in [4.78, 5) is 44.9. The molecule has 0 atom stereocenters. The van der Waals surface area contributed by atoms with E-state index in [-0.39, 0.29) is 18.0 Å². The first-order valence-electron chi connectivity index (χ1n) is 9.37. The van der Waals surface area contributed by atoms with Gasteiger partial charge in [-0.1, -0.05) is 0 Å². The molecule has 1 N–H and O–H groups in total. The number of thiazole rings is 1. The highest BCUT2D eigenvalue weighted by atomic mass is 32.1. The normalized spacial score (nSPS) is 16.3. The summed E-state index contributed by atoms with van der Waals surface area (Å²) in [5.74, 6) is -1.28. The molecule has 1 fully saturated rings. The Morgan fingerprint density at radius 2 is 2.00 bits per heavy atom. The Hall–Kier alpha value is -2.68. The van der Waals surface area contributed by atoms with Crippen molar-refractivity contribution in [1.29, 1.82) is 0 Å². The number of carboxylic acid groups (broad SMARTS) is 1. The summed E-state index contributed by atoms with van der Waals surface area (Å²) in [5.41, 5.74) is 1.30. The van der Waals surface area contributed by atoms with Gasteiger partial charge in [-0.3, -0.25) is 9.59 Å². The molecule has 4 heterocycles. The highest BCUT2D eigenvalue weighted by Gasteiger charge is 2.27. The molecule has 0 spiro atoms. The summed E-state index contributed by atoms with van der Waals surface area (Å²) in [6.07, 6.45) is 4.39. The van der Waals surface area contributed by atoms with Gasteiger partial charge in [0.2, 0.25) is 5.91 Å². The van der Waals surface area contributed by atoms with Gasteiger partial charge in [-0.25, -0.2) is 9.78 Å². The topological polar surface area (TPSA) is 95.7 Å². The number of hydrogen-bond acceptors (Lipinski definition) is 6. The minimum Gasteiger partial charge on any atom is -0.477 e. The fourth-order valence-corrected chi connectivity index (χ4v) is 4.79. The van der Waals surface area contributed by atoms with E-state index in [0.29, 0.717) is 30.6 Å². The number of pyridine rings is 1. The van der Waals surface area contributed by atoms with E-state index in [1.54, 1.807) is 22.4 Å². The number of hydrogen-bond donors (Lipinski definition) is 1. The van der Waals surface area contributed by atoms with Gasteiger partial charge in [0.15, 0.2) is 5.13 Å². The highest BCUT2D eigenvalue weighted by molar-refractivity contribution is 7.13. The minimum absolute atomic E-state index is 0.0602. The Morgan fingerprint density at radius 1 is 1.25 bits per heavy atom. The van der Waals surface area contributed by atoms with E-state index in [2.05, 4.69) is 9.88 Å². The van der Waals surface area contributed by atoms with Crippen LogP contribution in [0.1, 0.15) is 46.9 Å². The predicted molar refractivity (Wildman–Crippen MR) is 105 cm³/mol. The summed E-state index contributed by atoms with van der Waals surface area (Å²) in [6, 6.07) is 0. The Morgan fingerprint density at radius 3 is 2.68 bits per heavy atom. The molecule has 2 aromatic heterocycles. The van der Waals surface area contributed by atoms with Gasteiger partial charge in [0.05, 0.1) is 12.2 Å². The summed E-state index contributed by atoms with van der Waals surface area (Å²) < 4.78 is 1.41. The minimum atomic E-state index is -1.22. The lowest BCUT2D eigenvalue weighted by Crippen LogP contribution is -2.38. The van der Waals surface area contributed by atoms with Crippen molar-refractivity contribution in [2.75, 3.05) is 24.5 Å². The third-order valence-electron chi connectivity index (χ3n) is 5.38. The Bertz CT molecular complexity index is 990. The van der Waals surface area contributed by atoms with Crippen molar-refractivity contribution in [2.45, 2.75) is 39.3 Å². The van der Waals surface area contributed by atoms with Crippen LogP contribution in [0.15, 0.2) is 16.4 Å². The molecule has 9 heteroatoms. The van der Waals surface area contributed by atoms with Gasteiger partial charge in [0.1, 0.15) is 5.56 Å². The van der Waals surface area contributed by atoms with Crippen molar-refractivity contribution in [3.63, 3.8) is 0 Å². The molecule has 28 heavy (non-hydrogen) atoms. The third-order valence-corrected chi connectivity index (χ3v) is 6.33. The summed E-state index contributed by atoms with van der Waals surface area (Å²) in [6.45, 7) is 4.45. The van der Waals surface area contributed by atoms with Gasteiger partial charge >= 0.3 is 5.97 Å². The zero-order valence-corrected chi connectivity index (χ0v) is 16.5. The van der Waals surface area contributed by atoms with Crippen LogP contribution < -0.4 is 10.5 Å². The standard InChI is InChI=1S/C19H22N4O4S/c1-12(24)22-7-4-15-13(8-22)9-23(17(25)16(15)18(26)27)10-14-11-28-19(20-14)21-5-2-3-6-21/h9,11H,2-8,10H2,1H3,(H,26,27). The maximum atomic E-state index is 12.8. The maximum Gasteiger partial charge on any atom is 0.341 e. The predicted octanol–water partition coefficient (Wildman–Crippen LogP) is 1.56.